The van der Waals surface area contributed by atoms with Gasteiger partial charge in [-0.15, -0.1) is 0 Å². The van der Waals surface area contributed by atoms with Crippen molar-refractivity contribution in [1.29, 1.82) is 0 Å². The van der Waals surface area contributed by atoms with Gasteiger partial charge in [-0.2, -0.15) is 0 Å². The molecule has 4 rings (SSSR count). The van der Waals surface area contributed by atoms with Gasteiger partial charge < -0.3 is 33.2 Å². The number of hydrogen-bond donors (Lipinski definition) is 0. The number of morpholine rings is 1. The smallest absolute Gasteiger partial charge is 0.336 e. The number of hydrogen-bond acceptors (Lipinski definition) is 3. The van der Waals surface area contributed by atoms with Gasteiger partial charge in [0.15, 0.2) is 0 Å². The number of quaternary nitrogens is 1. The van der Waals surface area contributed by atoms with E-state index < -0.39 is 0 Å². The zero-order valence-electron chi connectivity index (χ0n) is 15.9. The fourth-order valence-corrected chi connectivity index (χ4v) is 3.69. The van der Waals surface area contributed by atoms with Crippen LogP contribution in [0.3, 0.4) is 0 Å². The van der Waals surface area contributed by atoms with Gasteiger partial charge in [-0.05, 0) is 24.3 Å². The third kappa shape index (κ3) is 3.92. The number of nitrogens with zero attached hydrogens (tertiary/aromatic N) is 3. The Kier molecular flexibility index (Phi) is 6.36. The van der Waals surface area contributed by atoms with Crippen LogP contribution in [-0.4, -0.2) is 53.5 Å². The number of rotatable bonds is 4. The van der Waals surface area contributed by atoms with E-state index in [0.717, 1.165) is 37.3 Å². The van der Waals surface area contributed by atoms with Crippen LogP contribution in [0.2, 0.25) is 0 Å². The summed E-state index contributed by atoms with van der Waals surface area (Å²) in [6, 6.07) is 16.5. The molecular weight excluding hydrogens is 469 g/mol. The van der Waals surface area contributed by atoms with Crippen LogP contribution in [0.4, 0.5) is 0 Å². The molecule has 1 saturated heterocycles. The summed E-state index contributed by atoms with van der Waals surface area (Å²) in [4.78, 5) is 26.3. The molecule has 1 aromatic heterocycles. The molecule has 2 heterocycles. The van der Waals surface area contributed by atoms with E-state index in [1.165, 1.54) is 4.57 Å². The second kappa shape index (κ2) is 8.59. The van der Waals surface area contributed by atoms with Gasteiger partial charge in [-0.1, -0.05) is 30.3 Å². The van der Waals surface area contributed by atoms with Crippen LogP contribution in [0, 0.1) is 0 Å². The summed E-state index contributed by atoms with van der Waals surface area (Å²) in [5.74, 6) is 0. The molecule has 6 nitrogen and oxygen atoms in total. The first-order valence-corrected chi connectivity index (χ1v) is 9.30. The standard InChI is InChI=1S/C21H24N3O3.HI/c1-24(13-15-27-16-14-24)12-11-22-19-10-6-5-9-18(19)20(25)23(21(22)26)17-7-3-2-4-8-17;/h2-10H,11-16H2,1H3;1H/q+1;/p-1. The Balaban J connectivity index is 0.00000225. The van der Waals surface area contributed by atoms with Crippen LogP contribution in [0.25, 0.3) is 16.6 Å². The van der Waals surface area contributed by atoms with E-state index >= 15 is 0 Å². The number of fused-ring (bicyclic) bond motifs is 1. The Labute approximate surface area is 180 Å². The second-order valence-corrected chi connectivity index (χ2v) is 7.33. The lowest BCUT2D eigenvalue weighted by molar-refractivity contribution is -0.917. The molecule has 0 bridgehead atoms. The predicted octanol–water partition coefficient (Wildman–Crippen LogP) is -1.37. The Morgan fingerprint density at radius 1 is 0.964 bits per heavy atom. The molecule has 0 N–H and O–H groups in total. The molecule has 0 unspecified atom stereocenters. The van der Waals surface area contributed by atoms with Crippen molar-refractivity contribution in [2.45, 2.75) is 6.54 Å². The number of benzene rings is 2. The van der Waals surface area contributed by atoms with E-state index in [2.05, 4.69) is 7.05 Å². The summed E-state index contributed by atoms with van der Waals surface area (Å²) < 4.78 is 9.36. The first kappa shape index (κ1) is 20.8. The van der Waals surface area contributed by atoms with Crippen LogP contribution >= 0.6 is 0 Å². The van der Waals surface area contributed by atoms with Gasteiger partial charge in [0, 0.05) is 0 Å². The van der Waals surface area contributed by atoms with Gasteiger partial charge >= 0.3 is 5.69 Å². The highest BCUT2D eigenvalue weighted by Crippen LogP contribution is 2.12. The minimum Gasteiger partial charge on any atom is -1.00 e. The average Bonchev–Trinajstić information content (AvgIpc) is 2.69. The largest absolute Gasteiger partial charge is 1.00 e. The monoisotopic (exact) mass is 493 g/mol. The van der Waals surface area contributed by atoms with E-state index in [-0.39, 0.29) is 35.2 Å². The van der Waals surface area contributed by atoms with Crippen LogP contribution in [-0.2, 0) is 11.3 Å². The molecule has 0 aliphatic carbocycles. The van der Waals surface area contributed by atoms with Gasteiger partial charge in [0.1, 0.15) is 13.1 Å². The van der Waals surface area contributed by atoms with Crippen molar-refractivity contribution in [1.82, 2.24) is 9.13 Å². The molecule has 1 fully saturated rings. The molecule has 0 amide bonds. The zero-order valence-corrected chi connectivity index (χ0v) is 18.0. The summed E-state index contributed by atoms with van der Waals surface area (Å²) in [5, 5.41) is 0.561. The zero-order chi connectivity index (χ0) is 18.9. The quantitative estimate of drug-likeness (QED) is 0.333. The van der Waals surface area contributed by atoms with Gasteiger partial charge in [-0.25, -0.2) is 9.36 Å². The van der Waals surface area contributed by atoms with Crippen LogP contribution in [0.15, 0.2) is 64.2 Å². The molecule has 0 spiro atoms. The number of para-hydroxylation sites is 2. The van der Waals surface area contributed by atoms with E-state index in [1.54, 1.807) is 22.8 Å². The van der Waals surface area contributed by atoms with E-state index in [4.69, 9.17) is 4.74 Å². The van der Waals surface area contributed by atoms with Crippen LogP contribution < -0.4 is 35.2 Å². The number of aromatic nitrogens is 2. The topological polar surface area (TPSA) is 53.2 Å². The fraction of sp³-hybridized carbons (Fsp3) is 0.333. The maximum Gasteiger partial charge on any atom is 0.336 e. The van der Waals surface area contributed by atoms with E-state index in [1.807, 2.05) is 36.4 Å². The molecule has 3 aromatic rings. The van der Waals surface area contributed by atoms with E-state index in [0.29, 0.717) is 23.1 Å². The Morgan fingerprint density at radius 2 is 1.61 bits per heavy atom. The normalized spacial score (nSPS) is 15.9. The summed E-state index contributed by atoms with van der Waals surface area (Å²) >= 11 is 0. The molecule has 28 heavy (non-hydrogen) atoms. The lowest BCUT2D eigenvalue weighted by Gasteiger charge is -2.37. The molecular formula is C21H24IN3O3. The van der Waals surface area contributed by atoms with Crippen molar-refractivity contribution in [2.75, 3.05) is 39.9 Å². The number of likely N-dealkylation sites (N-methyl/N-ethyl adjacent to an activating group) is 1. The maximum atomic E-state index is 13.3. The van der Waals surface area contributed by atoms with Gasteiger partial charge in [0.2, 0.25) is 0 Å². The molecule has 148 valence electrons. The summed E-state index contributed by atoms with van der Waals surface area (Å²) in [6.45, 7) is 4.74. The van der Waals surface area contributed by atoms with Gasteiger partial charge in [-0.3, -0.25) is 9.36 Å². The molecule has 0 saturated carbocycles. The van der Waals surface area contributed by atoms with Crippen molar-refractivity contribution < 1.29 is 33.2 Å². The fourth-order valence-electron chi connectivity index (χ4n) is 3.69. The van der Waals surface area contributed by atoms with Crippen molar-refractivity contribution in [3.63, 3.8) is 0 Å². The molecule has 2 aromatic carbocycles. The summed E-state index contributed by atoms with van der Waals surface area (Å²) in [6.07, 6.45) is 0. The summed E-state index contributed by atoms with van der Waals surface area (Å²) in [5.41, 5.74) is 0.730. The predicted molar refractivity (Wildman–Crippen MR) is 105 cm³/mol. The van der Waals surface area contributed by atoms with Crippen molar-refractivity contribution in [2.24, 2.45) is 0 Å². The third-order valence-corrected chi connectivity index (χ3v) is 5.48. The Bertz CT molecular complexity index is 1070. The Hall–Kier alpha value is -1.97. The molecule has 1 aliphatic rings. The SMILES string of the molecule is C[N+]1(CCn2c(=O)n(-c3ccccc3)c(=O)c3ccccc32)CCOCC1.[I-]. The minimum absolute atomic E-state index is 0. The Morgan fingerprint density at radius 3 is 2.32 bits per heavy atom. The molecule has 0 atom stereocenters. The highest BCUT2D eigenvalue weighted by Gasteiger charge is 2.26. The number of ether oxygens (including phenoxy) is 1. The second-order valence-electron chi connectivity index (χ2n) is 7.33. The highest BCUT2D eigenvalue weighted by molar-refractivity contribution is 5.78. The van der Waals surface area contributed by atoms with Crippen molar-refractivity contribution >= 4 is 10.9 Å². The summed E-state index contributed by atoms with van der Waals surface area (Å²) in [7, 11) is 2.20. The van der Waals surface area contributed by atoms with Crippen molar-refractivity contribution in [3.8, 4) is 5.69 Å². The third-order valence-electron chi connectivity index (χ3n) is 5.48. The maximum absolute atomic E-state index is 13.3. The average molecular weight is 493 g/mol. The lowest BCUT2D eigenvalue weighted by atomic mass is 10.2. The van der Waals surface area contributed by atoms with Gasteiger partial charge in [0.25, 0.3) is 5.56 Å². The molecule has 1 aliphatic heterocycles. The minimum atomic E-state index is -0.287. The lowest BCUT2D eigenvalue weighted by Crippen LogP contribution is -3.00. The number of halogens is 1. The van der Waals surface area contributed by atoms with Crippen LogP contribution in [0.1, 0.15) is 0 Å². The van der Waals surface area contributed by atoms with Crippen LogP contribution in [0.5, 0.6) is 0 Å². The van der Waals surface area contributed by atoms with Gasteiger partial charge in [0.05, 0.1) is 49.9 Å². The first-order valence-electron chi connectivity index (χ1n) is 9.30. The van der Waals surface area contributed by atoms with E-state index in [9.17, 15) is 9.59 Å². The highest BCUT2D eigenvalue weighted by atomic mass is 127. The van der Waals surface area contributed by atoms with Crippen molar-refractivity contribution in [3.05, 3.63) is 75.4 Å². The molecule has 7 heteroatoms. The molecule has 0 radical (unpaired) electrons. The first-order chi connectivity index (χ1) is 13.1.